The highest BCUT2D eigenvalue weighted by Gasteiger charge is 2.46. The number of anilines is 1. The van der Waals surface area contributed by atoms with E-state index in [1.54, 1.807) is 42.6 Å². The molecule has 1 aromatic carbocycles. The summed E-state index contributed by atoms with van der Waals surface area (Å²) in [5, 5.41) is 12.9. The third-order valence-corrected chi connectivity index (χ3v) is 7.68. The summed E-state index contributed by atoms with van der Waals surface area (Å²) in [7, 11) is 0. The van der Waals surface area contributed by atoms with Crippen LogP contribution in [0.5, 0.6) is 11.5 Å². The van der Waals surface area contributed by atoms with Crippen LogP contribution in [0.1, 0.15) is 63.8 Å². The number of ether oxygens (including phenoxy) is 2. The minimum Gasteiger partial charge on any atom is -0.503 e. The van der Waals surface area contributed by atoms with E-state index in [0.29, 0.717) is 45.7 Å². The van der Waals surface area contributed by atoms with Gasteiger partial charge in [-0.25, -0.2) is 4.98 Å². The third kappa shape index (κ3) is 4.66. The van der Waals surface area contributed by atoms with E-state index >= 15 is 0 Å². The number of aromatic nitrogens is 1. The van der Waals surface area contributed by atoms with Crippen LogP contribution < -0.4 is 14.4 Å². The van der Waals surface area contributed by atoms with Crippen molar-refractivity contribution < 1.29 is 29.0 Å². The summed E-state index contributed by atoms with van der Waals surface area (Å²) in [4.78, 5) is 45.5. The van der Waals surface area contributed by atoms with Gasteiger partial charge in [-0.15, -0.1) is 11.3 Å². The van der Waals surface area contributed by atoms with Crippen molar-refractivity contribution in [1.29, 1.82) is 0 Å². The molecule has 1 amide bonds. The summed E-state index contributed by atoms with van der Waals surface area (Å²) in [5.74, 6) is -1.02. The average molecular weight is 527 g/mol. The number of rotatable bonds is 10. The number of ketones is 2. The monoisotopic (exact) mass is 526 g/mol. The van der Waals surface area contributed by atoms with Crippen molar-refractivity contribution in [2.75, 3.05) is 18.1 Å². The van der Waals surface area contributed by atoms with Gasteiger partial charge in [0, 0.05) is 6.92 Å². The van der Waals surface area contributed by atoms with Crippen molar-refractivity contribution in [3.63, 3.8) is 0 Å². The van der Waals surface area contributed by atoms with Gasteiger partial charge in [-0.2, -0.15) is 0 Å². The van der Waals surface area contributed by atoms with Crippen molar-refractivity contribution in [3.8, 4) is 11.5 Å². The Hall–Kier alpha value is -3.50. The number of hydrogen-bond acceptors (Lipinski definition) is 9. The maximum atomic E-state index is 13.5. The van der Waals surface area contributed by atoms with Gasteiger partial charge in [-0.1, -0.05) is 30.4 Å². The Kier molecular flexibility index (Phi) is 7.56. The van der Waals surface area contributed by atoms with Crippen LogP contribution in [0.4, 0.5) is 5.13 Å². The fraction of sp³-hybridized carbons (Fsp3) is 0.308. The molecule has 3 heterocycles. The van der Waals surface area contributed by atoms with E-state index in [9.17, 15) is 19.5 Å². The largest absolute Gasteiger partial charge is 0.503 e. The highest BCUT2D eigenvalue weighted by molar-refractivity contribution is 7.17. The van der Waals surface area contributed by atoms with Gasteiger partial charge in [0.15, 0.2) is 28.2 Å². The van der Waals surface area contributed by atoms with Gasteiger partial charge < -0.3 is 14.6 Å². The molecule has 0 bridgehead atoms. The molecule has 0 radical (unpaired) electrons. The number of carbonyl (C=O) groups excluding carboxylic acids is 3. The van der Waals surface area contributed by atoms with E-state index in [0.717, 1.165) is 17.8 Å². The lowest BCUT2D eigenvalue weighted by Crippen LogP contribution is -2.31. The van der Waals surface area contributed by atoms with Crippen LogP contribution >= 0.6 is 22.7 Å². The number of thiophene rings is 1. The summed E-state index contributed by atoms with van der Waals surface area (Å²) in [6.07, 6.45) is 0.816. The van der Waals surface area contributed by atoms with Gasteiger partial charge in [0.25, 0.3) is 5.91 Å². The second-order valence-electron chi connectivity index (χ2n) is 8.10. The Morgan fingerprint density at radius 2 is 1.94 bits per heavy atom. The smallest absolute Gasteiger partial charge is 0.296 e. The summed E-state index contributed by atoms with van der Waals surface area (Å²) in [5.41, 5.74) is 0.964. The third-order valence-electron chi connectivity index (χ3n) is 5.55. The number of benzene rings is 1. The van der Waals surface area contributed by atoms with Gasteiger partial charge in [0.2, 0.25) is 5.78 Å². The van der Waals surface area contributed by atoms with Crippen LogP contribution in [-0.2, 0) is 4.79 Å². The van der Waals surface area contributed by atoms with Crippen molar-refractivity contribution in [2.45, 2.75) is 40.2 Å². The Morgan fingerprint density at radius 1 is 1.17 bits per heavy atom. The van der Waals surface area contributed by atoms with Crippen LogP contribution in [0.2, 0.25) is 0 Å². The standard InChI is InChI=1S/C26H26N2O6S2/c1-5-11-34-17-10-9-16(13-18(17)33-6-2)21-20(22(30)19-8-7-12-35-19)23(31)25(32)28(21)26-27-14(3)24(36-26)15(4)29/h7-10,12-13,21,31H,5-6,11H2,1-4H3. The SMILES string of the molecule is CCCOc1ccc(C2C(C(=O)c3cccs3)=C(O)C(=O)N2c2nc(C)c(C(C)=O)s2)cc1OCC. The molecule has 4 rings (SSSR count). The van der Waals surface area contributed by atoms with E-state index < -0.39 is 23.5 Å². The van der Waals surface area contributed by atoms with Gasteiger partial charge in [-0.05, 0) is 49.4 Å². The predicted molar refractivity (Wildman–Crippen MR) is 139 cm³/mol. The fourth-order valence-corrected chi connectivity index (χ4v) is 5.66. The van der Waals surface area contributed by atoms with Crippen molar-refractivity contribution in [1.82, 2.24) is 4.98 Å². The highest BCUT2D eigenvalue weighted by Crippen LogP contribution is 2.45. The zero-order chi connectivity index (χ0) is 26.0. The second-order valence-corrected chi connectivity index (χ2v) is 10.0. The minimum absolute atomic E-state index is 0.0515. The number of carbonyl (C=O) groups is 3. The molecular weight excluding hydrogens is 500 g/mol. The van der Waals surface area contributed by atoms with Crippen LogP contribution in [-0.4, -0.2) is 40.8 Å². The molecule has 0 saturated carbocycles. The van der Waals surface area contributed by atoms with Crippen LogP contribution in [0.15, 0.2) is 47.0 Å². The topological polar surface area (TPSA) is 106 Å². The molecule has 1 unspecified atom stereocenters. The number of amides is 1. The molecular formula is C26H26N2O6S2. The van der Waals surface area contributed by atoms with Crippen molar-refractivity contribution in [2.24, 2.45) is 0 Å². The lowest BCUT2D eigenvalue weighted by Gasteiger charge is -2.25. The molecule has 0 fully saturated rings. The Morgan fingerprint density at radius 3 is 2.56 bits per heavy atom. The maximum absolute atomic E-state index is 13.5. The highest BCUT2D eigenvalue weighted by atomic mass is 32.1. The maximum Gasteiger partial charge on any atom is 0.296 e. The lowest BCUT2D eigenvalue weighted by atomic mass is 9.95. The Bertz CT molecular complexity index is 1340. The summed E-state index contributed by atoms with van der Waals surface area (Å²) in [6.45, 7) is 7.85. The quantitative estimate of drug-likeness (QED) is 0.339. The number of thiazole rings is 1. The molecule has 10 heteroatoms. The Labute approximate surface area is 216 Å². The van der Waals surface area contributed by atoms with Crippen molar-refractivity contribution >= 4 is 45.3 Å². The molecule has 1 atom stereocenters. The molecule has 1 N–H and O–H groups in total. The summed E-state index contributed by atoms with van der Waals surface area (Å²) >= 11 is 2.27. The number of nitrogens with zero attached hydrogens (tertiary/aromatic N) is 2. The molecule has 1 aliphatic heterocycles. The number of aliphatic hydroxyl groups excluding tert-OH is 1. The van der Waals surface area contributed by atoms with Crippen LogP contribution in [0.3, 0.4) is 0 Å². The van der Waals surface area contributed by atoms with E-state index in [1.165, 1.54) is 23.2 Å². The van der Waals surface area contributed by atoms with Gasteiger partial charge in [0.05, 0.1) is 40.3 Å². The minimum atomic E-state index is -0.975. The molecule has 0 aliphatic carbocycles. The molecule has 2 aromatic heterocycles. The van der Waals surface area contributed by atoms with E-state index in [-0.39, 0.29) is 16.5 Å². The first kappa shape index (κ1) is 25.6. The summed E-state index contributed by atoms with van der Waals surface area (Å²) in [6, 6.07) is 7.59. The zero-order valence-electron chi connectivity index (χ0n) is 20.4. The molecule has 36 heavy (non-hydrogen) atoms. The molecule has 8 nitrogen and oxygen atoms in total. The van der Waals surface area contributed by atoms with E-state index in [4.69, 9.17) is 9.47 Å². The first-order chi connectivity index (χ1) is 17.3. The normalized spacial score (nSPS) is 15.5. The van der Waals surface area contributed by atoms with Gasteiger partial charge in [0.1, 0.15) is 0 Å². The average Bonchev–Trinajstić information content (AvgIpc) is 3.57. The molecule has 0 spiro atoms. The number of hydrogen-bond donors (Lipinski definition) is 1. The first-order valence-corrected chi connectivity index (χ1v) is 13.2. The first-order valence-electron chi connectivity index (χ1n) is 11.5. The summed E-state index contributed by atoms with van der Waals surface area (Å²) < 4.78 is 11.6. The van der Waals surface area contributed by atoms with Gasteiger partial charge in [-0.3, -0.25) is 19.3 Å². The predicted octanol–water partition coefficient (Wildman–Crippen LogP) is 5.69. The van der Waals surface area contributed by atoms with E-state index in [1.807, 2.05) is 13.8 Å². The molecule has 0 saturated heterocycles. The second kappa shape index (κ2) is 10.6. The van der Waals surface area contributed by atoms with Gasteiger partial charge >= 0.3 is 0 Å². The number of aliphatic hydroxyl groups is 1. The number of aryl methyl sites for hydroxylation is 1. The lowest BCUT2D eigenvalue weighted by molar-refractivity contribution is -0.117. The zero-order valence-corrected chi connectivity index (χ0v) is 22.0. The Balaban J connectivity index is 1.88. The van der Waals surface area contributed by atoms with Crippen LogP contribution in [0.25, 0.3) is 0 Å². The molecule has 1 aliphatic rings. The van der Waals surface area contributed by atoms with Crippen molar-refractivity contribution in [3.05, 3.63) is 68.1 Å². The molecule has 3 aromatic rings. The molecule has 188 valence electrons. The van der Waals surface area contributed by atoms with Crippen LogP contribution in [0, 0.1) is 6.92 Å². The fourth-order valence-electron chi connectivity index (χ4n) is 4.00. The van der Waals surface area contributed by atoms with E-state index in [2.05, 4.69) is 4.98 Å². The number of Topliss-reactive ketones (excluding diaryl/α,β-unsaturated/α-hetero) is 2.